The number of rotatable bonds is 7. The van der Waals surface area contributed by atoms with Gasteiger partial charge in [-0.2, -0.15) is 5.10 Å². The molecule has 1 aliphatic rings. The summed E-state index contributed by atoms with van der Waals surface area (Å²) in [5.74, 6) is 0.634. The van der Waals surface area contributed by atoms with Crippen LogP contribution >= 0.6 is 0 Å². The van der Waals surface area contributed by atoms with Crippen LogP contribution in [0.15, 0.2) is 42.7 Å². The average molecular weight is 410 g/mol. The zero-order valence-corrected chi connectivity index (χ0v) is 17.3. The molecule has 3 aromatic rings. The molecule has 2 aromatic heterocycles. The van der Waals surface area contributed by atoms with Crippen LogP contribution in [0.5, 0.6) is 5.75 Å². The van der Waals surface area contributed by atoms with E-state index in [0.29, 0.717) is 30.0 Å². The van der Waals surface area contributed by atoms with Gasteiger partial charge in [0.1, 0.15) is 23.5 Å². The number of hydrogen-bond acceptors (Lipinski definition) is 7. The van der Waals surface area contributed by atoms with Gasteiger partial charge in [0.25, 0.3) is 6.47 Å². The number of nitrogens with zero attached hydrogens (tertiary/aromatic N) is 3. The maximum atomic E-state index is 11.0. The van der Waals surface area contributed by atoms with Crippen molar-refractivity contribution in [2.75, 3.05) is 5.73 Å². The zero-order chi connectivity index (χ0) is 21.3. The number of nitrogen functional groups attached to an aromatic ring is 1. The fourth-order valence-electron chi connectivity index (χ4n) is 4.25. The summed E-state index contributed by atoms with van der Waals surface area (Å²) in [6.07, 6.45) is 1.79. The number of ether oxygens (including phenoxy) is 3. The number of hydrogen-bond donors (Lipinski definition) is 1. The van der Waals surface area contributed by atoms with Crippen molar-refractivity contribution in [2.24, 2.45) is 5.92 Å². The molecule has 0 radical (unpaired) electrons. The van der Waals surface area contributed by atoms with Crippen molar-refractivity contribution in [1.29, 1.82) is 0 Å². The Hall–Kier alpha value is -2.97. The van der Waals surface area contributed by atoms with E-state index in [0.717, 1.165) is 12.0 Å². The Morgan fingerprint density at radius 2 is 2.10 bits per heavy atom. The third kappa shape index (κ3) is 3.32. The molecule has 0 unspecified atom stereocenters. The van der Waals surface area contributed by atoms with Crippen LogP contribution in [0.2, 0.25) is 0 Å². The Labute approximate surface area is 175 Å². The van der Waals surface area contributed by atoms with Gasteiger partial charge < -0.3 is 19.9 Å². The van der Waals surface area contributed by atoms with E-state index >= 15 is 0 Å². The molecular weight excluding hydrogens is 384 g/mol. The van der Waals surface area contributed by atoms with Gasteiger partial charge in [-0.15, -0.1) is 0 Å². The minimum atomic E-state index is -0.636. The van der Waals surface area contributed by atoms with Crippen LogP contribution < -0.4 is 10.5 Å². The quantitative estimate of drug-likeness (QED) is 0.596. The van der Waals surface area contributed by atoms with Gasteiger partial charge in [0, 0.05) is 12.0 Å². The maximum Gasteiger partial charge on any atom is 0.298 e. The van der Waals surface area contributed by atoms with E-state index < -0.39 is 11.7 Å². The molecule has 1 aliphatic heterocycles. The van der Waals surface area contributed by atoms with Crippen LogP contribution in [0.25, 0.3) is 5.52 Å². The first-order valence-corrected chi connectivity index (χ1v) is 10.0. The van der Waals surface area contributed by atoms with Crippen LogP contribution in [-0.2, 0) is 20.9 Å². The lowest BCUT2D eigenvalue weighted by molar-refractivity contribution is -0.120. The van der Waals surface area contributed by atoms with Gasteiger partial charge in [0.2, 0.25) is 0 Å². The van der Waals surface area contributed by atoms with Crippen molar-refractivity contribution < 1.29 is 19.0 Å². The second-order valence-electron chi connectivity index (χ2n) is 7.76. The largest absolute Gasteiger partial charge is 0.426 e. The molecule has 1 aromatic carbocycles. The van der Waals surface area contributed by atoms with Gasteiger partial charge in [-0.1, -0.05) is 44.2 Å². The third-order valence-corrected chi connectivity index (χ3v) is 6.11. The van der Waals surface area contributed by atoms with E-state index in [9.17, 15) is 4.79 Å². The molecule has 3 heterocycles. The Morgan fingerprint density at radius 3 is 2.80 bits per heavy atom. The van der Waals surface area contributed by atoms with Crippen molar-refractivity contribution >= 4 is 17.8 Å². The highest BCUT2D eigenvalue weighted by Gasteiger charge is 2.53. The van der Waals surface area contributed by atoms with Crippen LogP contribution in [0, 0.1) is 5.92 Å². The standard InChI is InChI=1S/C22H26N4O4/c1-4-17-14(2)22(3,29-11-15-8-6-5-7-9-15)20(30-17)16-10-18(28-13-27)19-21(23)24-12-25-26(16)19/h5-10,12-14,17,20H,4,11H2,1-3H3,(H2,23,24,25)/t14-,17-,20+,22-/m1/s1. The Morgan fingerprint density at radius 1 is 1.33 bits per heavy atom. The summed E-state index contributed by atoms with van der Waals surface area (Å²) < 4.78 is 19.8. The number of carbonyl (C=O) groups is 1. The van der Waals surface area contributed by atoms with E-state index in [2.05, 4.69) is 30.9 Å². The molecule has 0 spiro atoms. The highest BCUT2D eigenvalue weighted by Crippen LogP contribution is 2.50. The van der Waals surface area contributed by atoms with Crippen molar-refractivity contribution in [1.82, 2.24) is 14.6 Å². The van der Waals surface area contributed by atoms with Gasteiger partial charge in [0.15, 0.2) is 11.6 Å². The highest BCUT2D eigenvalue weighted by atomic mass is 16.6. The molecule has 0 bridgehead atoms. The van der Waals surface area contributed by atoms with Crippen molar-refractivity contribution in [3.63, 3.8) is 0 Å². The molecule has 0 amide bonds. The van der Waals surface area contributed by atoms with Gasteiger partial charge in [-0.3, -0.25) is 4.79 Å². The van der Waals surface area contributed by atoms with Gasteiger partial charge in [-0.25, -0.2) is 9.50 Å². The summed E-state index contributed by atoms with van der Waals surface area (Å²) in [4.78, 5) is 15.1. The topological polar surface area (TPSA) is 101 Å². The first-order chi connectivity index (χ1) is 14.5. The Bertz CT molecular complexity index is 1040. The van der Waals surface area contributed by atoms with E-state index in [1.807, 2.05) is 30.3 Å². The molecule has 30 heavy (non-hydrogen) atoms. The van der Waals surface area contributed by atoms with Gasteiger partial charge >= 0.3 is 0 Å². The summed E-state index contributed by atoms with van der Waals surface area (Å²) in [5.41, 5.74) is 7.63. The number of carbonyl (C=O) groups excluding carboxylic acids is 1. The smallest absolute Gasteiger partial charge is 0.298 e. The van der Waals surface area contributed by atoms with Crippen LogP contribution in [-0.4, -0.2) is 32.8 Å². The Kier molecular flexibility index (Phi) is 5.44. The second kappa shape index (κ2) is 8.04. The normalized spacial score (nSPS) is 26.2. The molecule has 8 nitrogen and oxygen atoms in total. The van der Waals surface area contributed by atoms with Gasteiger partial charge in [0.05, 0.1) is 18.4 Å². The number of fused-ring (bicyclic) bond motifs is 1. The van der Waals surface area contributed by atoms with Crippen molar-refractivity contribution in [3.05, 3.63) is 54.0 Å². The molecule has 0 aliphatic carbocycles. The first-order valence-electron chi connectivity index (χ1n) is 10.0. The van der Waals surface area contributed by atoms with Crippen LogP contribution in [0.4, 0.5) is 5.82 Å². The average Bonchev–Trinajstić information content (AvgIpc) is 3.24. The number of anilines is 1. The van der Waals surface area contributed by atoms with Gasteiger partial charge in [-0.05, 0) is 18.9 Å². The zero-order valence-electron chi connectivity index (χ0n) is 17.3. The van der Waals surface area contributed by atoms with E-state index in [-0.39, 0.29) is 17.8 Å². The van der Waals surface area contributed by atoms with Crippen LogP contribution in [0.1, 0.15) is 44.6 Å². The van der Waals surface area contributed by atoms with Crippen molar-refractivity contribution in [2.45, 2.75) is 51.6 Å². The summed E-state index contributed by atoms with van der Waals surface area (Å²) in [7, 11) is 0. The maximum absolute atomic E-state index is 11.0. The first kappa shape index (κ1) is 20.3. The van der Waals surface area contributed by atoms with E-state index in [4.69, 9.17) is 19.9 Å². The molecule has 8 heteroatoms. The summed E-state index contributed by atoms with van der Waals surface area (Å²) in [6.45, 7) is 7.12. The second-order valence-corrected chi connectivity index (χ2v) is 7.76. The lowest BCUT2D eigenvalue weighted by Crippen LogP contribution is -2.39. The third-order valence-electron chi connectivity index (χ3n) is 6.11. The monoisotopic (exact) mass is 410 g/mol. The fourth-order valence-corrected chi connectivity index (χ4v) is 4.25. The highest BCUT2D eigenvalue weighted by molar-refractivity contribution is 5.76. The van der Waals surface area contributed by atoms with E-state index in [1.165, 1.54) is 6.33 Å². The number of benzene rings is 1. The minimum absolute atomic E-state index is 0.0101. The summed E-state index contributed by atoms with van der Waals surface area (Å²) in [5, 5.41) is 4.34. The molecule has 0 saturated carbocycles. The molecular formula is C22H26N4O4. The summed E-state index contributed by atoms with van der Waals surface area (Å²) in [6, 6.07) is 11.8. The predicted octanol–water partition coefficient (Wildman–Crippen LogP) is 3.31. The number of nitrogens with two attached hydrogens (primary N) is 1. The van der Waals surface area contributed by atoms with Crippen molar-refractivity contribution in [3.8, 4) is 5.75 Å². The summed E-state index contributed by atoms with van der Waals surface area (Å²) >= 11 is 0. The predicted molar refractivity (Wildman–Crippen MR) is 111 cm³/mol. The molecule has 1 fully saturated rings. The number of aromatic nitrogens is 3. The molecule has 158 valence electrons. The lowest BCUT2D eigenvalue weighted by Gasteiger charge is -2.34. The van der Waals surface area contributed by atoms with E-state index in [1.54, 1.807) is 10.6 Å². The molecule has 1 saturated heterocycles. The molecule has 4 atom stereocenters. The van der Waals surface area contributed by atoms with Crippen LogP contribution in [0.3, 0.4) is 0 Å². The molecule has 2 N–H and O–H groups in total. The lowest BCUT2D eigenvalue weighted by atomic mass is 9.83. The SMILES string of the molecule is CC[C@H]1O[C@@H](c2cc(OC=O)c3c(N)ncnn23)[C@](C)(OCc2ccccc2)[C@@H]1C. The minimum Gasteiger partial charge on any atom is -0.426 e. The fraction of sp³-hybridized carbons (Fsp3) is 0.409. The Balaban J connectivity index is 1.77. The molecule has 4 rings (SSSR count).